The van der Waals surface area contributed by atoms with Crippen molar-refractivity contribution in [3.63, 3.8) is 0 Å². The van der Waals surface area contributed by atoms with Crippen LogP contribution in [-0.4, -0.2) is 42.5 Å². The molecule has 130 valence electrons. The third-order valence-corrected chi connectivity index (χ3v) is 4.33. The van der Waals surface area contributed by atoms with Crippen LogP contribution in [0.3, 0.4) is 0 Å². The summed E-state index contributed by atoms with van der Waals surface area (Å²) in [5, 5.41) is 20.1. The average molecular weight is 341 g/mol. The molecule has 25 heavy (non-hydrogen) atoms. The fraction of sp³-hybridized carbons (Fsp3) is 0.353. The average Bonchev–Trinajstić information content (AvgIpc) is 3.32. The maximum Gasteiger partial charge on any atom is 0.303 e. The van der Waals surface area contributed by atoms with Gasteiger partial charge in [-0.2, -0.15) is 10.2 Å². The zero-order valence-corrected chi connectivity index (χ0v) is 13.7. The number of H-pyrrole nitrogens is 1. The molecule has 0 spiro atoms. The molecule has 2 N–H and O–H groups in total. The summed E-state index contributed by atoms with van der Waals surface area (Å²) in [4.78, 5) is 13.0. The lowest BCUT2D eigenvalue weighted by Crippen LogP contribution is -2.33. The fourth-order valence-corrected chi connectivity index (χ4v) is 3.09. The number of furan rings is 1. The Kier molecular flexibility index (Phi) is 4.10. The second-order valence-electron chi connectivity index (χ2n) is 6.19. The van der Waals surface area contributed by atoms with E-state index < -0.39 is 5.97 Å². The molecule has 3 aromatic rings. The van der Waals surface area contributed by atoms with Crippen molar-refractivity contribution >= 4 is 5.97 Å². The molecule has 1 aliphatic rings. The van der Waals surface area contributed by atoms with Crippen LogP contribution in [0.2, 0.25) is 0 Å². The highest BCUT2D eigenvalue weighted by Gasteiger charge is 2.20. The Balaban J connectivity index is 1.40. The first-order valence-corrected chi connectivity index (χ1v) is 8.25. The van der Waals surface area contributed by atoms with E-state index in [-0.39, 0.29) is 6.42 Å². The molecule has 0 saturated heterocycles. The maximum absolute atomic E-state index is 10.7. The van der Waals surface area contributed by atoms with Crippen LogP contribution in [0.25, 0.3) is 11.5 Å². The minimum Gasteiger partial charge on any atom is -0.481 e. The second kappa shape index (κ2) is 6.56. The Hall–Kier alpha value is -2.87. The highest BCUT2D eigenvalue weighted by molar-refractivity contribution is 5.66. The van der Waals surface area contributed by atoms with Crippen molar-refractivity contribution in [2.75, 3.05) is 6.54 Å². The molecular formula is C17H19N5O3. The number of carboxylic acids is 1. The predicted octanol–water partition coefficient (Wildman–Crippen LogP) is 1.90. The zero-order chi connectivity index (χ0) is 17.2. The van der Waals surface area contributed by atoms with E-state index in [4.69, 9.17) is 9.52 Å². The van der Waals surface area contributed by atoms with Crippen LogP contribution in [0, 0.1) is 0 Å². The first-order chi connectivity index (χ1) is 12.2. The summed E-state index contributed by atoms with van der Waals surface area (Å²) in [6, 6.07) is 7.81. The molecule has 0 amide bonds. The summed E-state index contributed by atoms with van der Waals surface area (Å²) in [5.74, 6) is 0.896. The van der Waals surface area contributed by atoms with Crippen molar-refractivity contribution in [2.24, 2.45) is 0 Å². The van der Waals surface area contributed by atoms with Gasteiger partial charge in [-0.1, -0.05) is 0 Å². The first-order valence-electron chi connectivity index (χ1n) is 8.25. The number of rotatable bonds is 6. The number of aromatic nitrogens is 4. The number of aryl methyl sites for hydroxylation is 1. The number of carboxylic acid groups (broad SMARTS) is 1. The lowest BCUT2D eigenvalue weighted by Gasteiger charge is -2.26. The van der Waals surface area contributed by atoms with Crippen LogP contribution in [0.4, 0.5) is 0 Å². The van der Waals surface area contributed by atoms with Crippen molar-refractivity contribution in [3.05, 3.63) is 47.6 Å². The summed E-state index contributed by atoms with van der Waals surface area (Å²) >= 11 is 0. The fourth-order valence-electron chi connectivity index (χ4n) is 3.09. The van der Waals surface area contributed by atoms with E-state index in [1.165, 1.54) is 0 Å². The van der Waals surface area contributed by atoms with Crippen LogP contribution in [0.15, 0.2) is 34.9 Å². The van der Waals surface area contributed by atoms with Crippen LogP contribution in [0.5, 0.6) is 0 Å². The van der Waals surface area contributed by atoms with Crippen LogP contribution >= 0.6 is 0 Å². The zero-order valence-electron chi connectivity index (χ0n) is 13.7. The Morgan fingerprint density at radius 1 is 1.32 bits per heavy atom. The van der Waals surface area contributed by atoms with Gasteiger partial charge in [-0.25, -0.2) is 0 Å². The molecule has 1 aliphatic heterocycles. The number of fused-ring (bicyclic) bond motifs is 1. The molecule has 8 heteroatoms. The second-order valence-corrected chi connectivity index (χ2v) is 6.19. The van der Waals surface area contributed by atoms with Gasteiger partial charge in [0.15, 0.2) is 5.76 Å². The smallest absolute Gasteiger partial charge is 0.303 e. The molecule has 4 rings (SSSR count). The SMILES string of the molecule is O=C(O)CCc1cc2n(n1)CCN(Cc1ccc(-c3ccn[nH]3)o1)C2. The number of aromatic amines is 1. The highest BCUT2D eigenvalue weighted by atomic mass is 16.4. The van der Waals surface area contributed by atoms with E-state index in [1.54, 1.807) is 6.20 Å². The molecule has 0 aliphatic carbocycles. The Morgan fingerprint density at radius 3 is 3.04 bits per heavy atom. The quantitative estimate of drug-likeness (QED) is 0.710. The van der Waals surface area contributed by atoms with Gasteiger partial charge in [0, 0.05) is 25.7 Å². The lowest BCUT2D eigenvalue weighted by atomic mass is 10.2. The van der Waals surface area contributed by atoms with Crippen LogP contribution in [-0.2, 0) is 30.8 Å². The number of hydrogen-bond donors (Lipinski definition) is 2. The minimum atomic E-state index is -0.793. The van der Waals surface area contributed by atoms with E-state index >= 15 is 0 Å². The van der Waals surface area contributed by atoms with Gasteiger partial charge in [-0.05, 0) is 24.3 Å². The van der Waals surface area contributed by atoms with E-state index in [0.717, 1.165) is 54.8 Å². The van der Waals surface area contributed by atoms with Gasteiger partial charge in [0.25, 0.3) is 0 Å². The van der Waals surface area contributed by atoms with Crippen LogP contribution in [0.1, 0.15) is 23.6 Å². The molecule has 8 nitrogen and oxygen atoms in total. The van der Waals surface area contributed by atoms with Gasteiger partial charge in [0.1, 0.15) is 11.5 Å². The van der Waals surface area contributed by atoms with Crippen molar-refractivity contribution in [3.8, 4) is 11.5 Å². The van der Waals surface area contributed by atoms with Crippen molar-refractivity contribution in [1.82, 2.24) is 24.9 Å². The molecule has 3 aromatic heterocycles. The number of aliphatic carboxylic acids is 1. The highest BCUT2D eigenvalue weighted by Crippen LogP contribution is 2.22. The number of carbonyl (C=O) groups is 1. The molecule has 0 aromatic carbocycles. The lowest BCUT2D eigenvalue weighted by molar-refractivity contribution is -0.136. The van der Waals surface area contributed by atoms with E-state index in [9.17, 15) is 4.79 Å². The van der Waals surface area contributed by atoms with Gasteiger partial charge < -0.3 is 9.52 Å². The third kappa shape index (κ3) is 3.48. The predicted molar refractivity (Wildman–Crippen MR) is 88.6 cm³/mol. The van der Waals surface area contributed by atoms with Gasteiger partial charge in [0.2, 0.25) is 0 Å². The van der Waals surface area contributed by atoms with Gasteiger partial charge in [-0.3, -0.25) is 19.5 Å². The molecule has 0 radical (unpaired) electrons. The molecule has 0 unspecified atom stereocenters. The molecule has 0 fully saturated rings. The maximum atomic E-state index is 10.7. The Morgan fingerprint density at radius 2 is 2.24 bits per heavy atom. The standard InChI is InChI=1S/C17H19N5O3/c23-17(24)4-1-12-9-13-10-21(7-8-22(13)20-12)11-14-2-3-16(25-14)15-5-6-18-19-15/h2-3,5-6,9H,1,4,7-8,10-11H2,(H,18,19)(H,23,24). The summed E-state index contributed by atoms with van der Waals surface area (Å²) in [6.45, 7) is 3.19. The molecule has 4 heterocycles. The van der Waals surface area contributed by atoms with Gasteiger partial charge in [-0.15, -0.1) is 0 Å². The summed E-state index contributed by atoms with van der Waals surface area (Å²) in [6.07, 6.45) is 2.29. The van der Waals surface area contributed by atoms with E-state index in [0.29, 0.717) is 6.42 Å². The van der Waals surface area contributed by atoms with Crippen molar-refractivity contribution in [1.29, 1.82) is 0 Å². The topological polar surface area (TPSA) is 100 Å². The number of hydrogen-bond acceptors (Lipinski definition) is 5. The van der Waals surface area contributed by atoms with E-state index in [2.05, 4.69) is 20.2 Å². The number of nitrogens with zero attached hydrogens (tertiary/aromatic N) is 4. The van der Waals surface area contributed by atoms with Crippen molar-refractivity contribution < 1.29 is 14.3 Å². The Bertz CT molecular complexity index is 865. The summed E-state index contributed by atoms with van der Waals surface area (Å²) in [7, 11) is 0. The monoisotopic (exact) mass is 341 g/mol. The van der Waals surface area contributed by atoms with Gasteiger partial charge >= 0.3 is 5.97 Å². The third-order valence-electron chi connectivity index (χ3n) is 4.33. The number of nitrogens with one attached hydrogen (secondary N) is 1. The Labute approximate surface area is 144 Å². The minimum absolute atomic E-state index is 0.114. The largest absolute Gasteiger partial charge is 0.481 e. The molecule has 0 saturated carbocycles. The van der Waals surface area contributed by atoms with E-state index in [1.807, 2.05) is 28.9 Å². The first kappa shape index (κ1) is 15.6. The summed E-state index contributed by atoms with van der Waals surface area (Å²) < 4.78 is 7.87. The molecule has 0 bridgehead atoms. The van der Waals surface area contributed by atoms with Crippen LogP contribution < -0.4 is 0 Å². The molecular weight excluding hydrogens is 322 g/mol. The summed E-state index contributed by atoms with van der Waals surface area (Å²) in [5.41, 5.74) is 2.83. The normalized spacial score (nSPS) is 14.6. The van der Waals surface area contributed by atoms with Crippen molar-refractivity contribution in [2.45, 2.75) is 32.5 Å². The molecule has 0 atom stereocenters. The van der Waals surface area contributed by atoms with Gasteiger partial charge in [0.05, 0.1) is 30.9 Å².